The van der Waals surface area contributed by atoms with Crippen molar-refractivity contribution in [2.45, 2.75) is 6.54 Å². The van der Waals surface area contributed by atoms with Gasteiger partial charge in [-0.25, -0.2) is 0 Å². The van der Waals surface area contributed by atoms with E-state index < -0.39 is 0 Å². The summed E-state index contributed by atoms with van der Waals surface area (Å²) in [4.78, 5) is 17.5. The van der Waals surface area contributed by atoms with Gasteiger partial charge >= 0.3 is 0 Å². The molecule has 0 amide bonds. The van der Waals surface area contributed by atoms with Crippen LogP contribution >= 0.6 is 11.6 Å². The largest absolute Gasteiger partial charge is 0.497 e. The minimum atomic E-state index is -0.340. The fourth-order valence-electron chi connectivity index (χ4n) is 3.06. The lowest BCUT2D eigenvalue weighted by atomic mass is 10.2. The molecule has 7 heteroatoms. The van der Waals surface area contributed by atoms with Crippen molar-refractivity contribution in [3.8, 4) is 17.1 Å². The zero-order chi connectivity index (χ0) is 22.3. The van der Waals surface area contributed by atoms with Crippen molar-refractivity contribution in [3.63, 3.8) is 0 Å². The van der Waals surface area contributed by atoms with Gasteiger partial charge in [0.1, 0.15) is 5.75 Å². The fraction of sp³-hybridized carbons (Fsp3) is 0.0800. The normalized spacial score (nSPS) is 10.9. The van der Waals surface area contributed by atoms with Crippen molar-refractivity contribution in [1.29, 1.82) is 0 Å². The molecule has 0 spiro atoms. The minimum absolute atomic E-state index is 0.340. The van der Waals surface area contributed by atoms with Crippen molar-refractivity contribution < 1.29 is 9.53 Å². The number of aromatic nitrogens is 3. The average molecular weight is 445 g/mol. The number of benzene rings is 3. The van der Waals surface area contributed by atoms with Gasteiger partial charge in [-0.3, -0.25) is 4.79 Å². The number of rotatable bonds is 7. The molecule has 0 atom stereocenters. The quantitative estimate of drug-likeness (QED) is 0.377. The molecule has 0 aliphatic heterocycles. The van der Waals surface area contributed by atoms with Crippen LogP contribution in [-0.2, 0) is 6.54 Å². The van der Waals surface area contributed by atoms with Gasteiger partial charge in [0.05, 0.1) is 7.11 Å². The SMILES string of the molecule is COc1ccc(-c2nc(NCc3ccccc3)n(C(=O)C=Cc3ccccc3Cl)n2)cc1. The van der Waals surface area contributed by atoms with Crippen LogP contribution in [0.3, 0.4) is 0 Å². The molecule has 160 valence electrons. The highest BCUT2D eigenvalue weighted by Gasteiger charge is 2.16. The number of nitrogens with one attached hydrogen (secondary N) is 1. The third-order valence-electron chi connectivity index (χ3n) is 4.77. The van der Waals surface area contributed by atoms with Gasteiger partial charge in [-0.2, -0.15) is 9.67 Å². The Morgan fingerprint density at radius 1 is 1.03 bits per heavy atom. The highest BCUT2D eigenvalue weighted by molar-refractivity contribution is 6.32. The van der Waals surface area contributed by atoms with Crippen molar-refractivity contribution in [1.82, 2.24) is 14.8 Å². The Bertz CT molecular complexity index is 1230. The van der Waals surface area contributed by atoms with Gasteiger partial charge in [0.2, 0.25) is 5.95 Å². The number of nitrogens with zero attached hydrogens (tertiary/aromatic N) is 3. The molecule has 0 bridgehead atoms. The summed E-state index contributed by atoms with van der Waals surface area (Å²) in [5, 5.41) is 8.23. The molecule has 3 aromatic carbocycles. The van der Waals surface area contributed by atoms with Crippen LogP contribution < -0.4 is 10.1 Å². The molecule has 0 unspecified atom stereocenters. The van der Waals surface area contributed by atoms with E-state index >= 15 is 0 Å². The van der Waals surface area contributed by atoms with Crippen LogP contribution in [-0.4, -0.2) is 27.8 Å². The Balaban J connectivity index is 1.63. The summed E-state index contributed by atoms with van der Waals surface area (Å²) in [5.74, 6) is 1.18. The van der Waals surface area contributed by atoms with Gasteiger partial charge in [-0.05, 0) is 47.5 Å². The maximum absolute atomic E-state index is 13.0. The van der Waals surface area contributed by atoms with E-state index in [4.69, 9.17) is 16.3 Å². The molecule has 0 fully saturated rings. The Labute approximate surface area is 191 Å². The third-order valence-corrected chi connectivity index (χ3v) is 5.11. The second-order valence-corrected chi connectivity index (χ2v) is 7.34. The van der Waals surface area contributed by atoms with Gasteiger partial charge in [0, 0.05) is 23.2 Å². The third kappa shape index (κ3) is 5.04. The number of methoxy groups -OCH3 is 1. The zero-order valence-corrected chi connectivity index (χ0v) is 18.2. The number of ether oxygens (including phenoxy) is 1. The topological polar surface area (TPSA) is 69.0 Å². The smallest absolute Gasteiger partial charge is 0.274 e. The first-order valence-corrected chi connectivity index (χ1v) is 10.4. The Morgan fingerprint density at radius 3 is 2.47 bits per heavy atom. The summed E-state index contributed by atoms with van der Waals surface area (Å²) in [5.41, 5.74) is 2.58. The predicted octanol–water partition coefficient (Wildman–Crippen LogP) is 5.57. The molecule has 32 heavy (non-hydrogen) atoms. The first-order chi connectivity index (χ1) is 15.6. The van der Waals surface area contributed by atoms with Crippen LogP contribution in [0.5, 0.6) is 5.75 Å². The lowest BCUT2D eigenvalue weighted by Crippen LogP contribution is -2.14. The average Bonchev–Trinajstić information content (AvgIpc) is 3.27. The Morgan fingerprint density at radius 2 is 1.75 bits per heavy atom. The molecular formula is C25H21ClN4O2. The molecule has 0 radical (unpaired) electrons. The van der Waals surface area contributed by atoms with E-state index in [1.807, 2.05) is 72.8 Å². The van der Waals surface area contributed by atoms with Crippen molar-refractivity contribution in [3.05, 3.63) is 101 Å². The number of anilines is 1. The molecule has 0 aliphatic rings. The molecule has 1 heterocycles. The predicted molar refractivity (Wildman–Crippen MR) is 127 cm³/mol. The first-order valence-electron chi connectivity index (χ1n) is 10.0. The van der Waals surface area contributed by atoms with Gasteiger partial charge in [-0.15, -0.1) is 5.10 Å². The zero-order valence-electron chi connectivity index (χ0n) is 17.4. The van der Waals surface area contributed by atoms with Crippen molar-refractivity contribution in [2.75, 3.05) is 12.4 Å². The van der Waals surface area contributed by atoms with Crippen LogP contribution in [0, 0.1) is 0 Å². The van der Waals surface area contributed by atoms with E-state index in [-0.39, 0.29) is 5.91 Å². The maximum atomic E-state index is 13.0. The van der Waals surface area contributed by atoms with Crippen molar-refractivity contribution >= 4 is 29.5 Å². The van der Waals surface area contributed by atoms with E-state index in [9.17, 15) is 4.79 Å². The van der Waals surface area contributed by atoms with Crippen LogP contribution in [0.1, 0.15) is 15.9 Å². The summed E-state index contributed by atoms with van der Waals surface area (Å²) in [6.07, 6.45) is 3.10. The monoisotopic (exact) mass is 444 g/mol. The fourth-order valence-corrected chi connectivity index (χ4v) is 3.26. The number of carbonyl (C=O) groups excluding carboxylic acids is 1. The molecule has 0 aliphatic carbocycles. The van der Waals surface area contributed by atoms with Crippen LogP contribution in [0.25, 0.3) is 17.5 Å². The Kier molecular flexibility index (Phi) is 6.63. The summed E-state index contributed by atoms with van der Waals surface area (Å²) in [6.45, 7) is 0.503. The molecule has 4 aromatic rings. The van der Waals surface area contributed by atoms with E-state index in [1.54, 1.807) is 19.3 Å². The highest BCUT2D eigenvalue weighted by atomic mass is 35.5. The van der Waals surface area contributed by atoms with Gasteiger partial charge < -0.3 is 10.1 Å². The molecule has 0 saturated heterocycles. The standard InChI is InChI=1S/C25H21ClN4O2/c1-32-21-14-11-20(12-15-21)24-28-25(27-17-18-7-3-2-4-8-18)30(29-24)23(31)16-13-19-9-5-6-10-22(19)26/h2-16H,17H2,1H3,(H,27,28,29). The summed E-state index contributed by atoms with van der Waals surface area (Å²) in [6, 6.07) is 24.5. The van der Waals surface area contributed by atoms with Gasteiger partial charge in [0.25, 0.3) is 5.91 Å². The number of halogens is 1. The molecule has 0 saturated carbocycles. The maximum Gasteiger partial charge on any atom is 0.274 e. The molecule has 1 aromatic heterocycles. The summed E-state index contributed by atoms with van der Waals surface area (Å²) >= 11 is 6.19. The van der Waals surface area contributed by atoms with Crippen molar-refractivity contribution in [2.24, 2.45) is 0 Å². The summed E-state index contributed by atoms with van der Waals surface area (Å²) < 4.78 is 6.47. The van der Waals surface area contributed by atoms with Crippen LogP contribution in [0.4, 0.5) is 5.95 Å². The number of hydrogen-bond donors (Lipinski definition) is 1. The lowest BCUT2D eigenvalue weighted by Gasteiger charge is -2.05. The molecular weight excluding hydrogens is 424 g/mol. The van der Waals surface area contributed by atoms with E-state index in [0.717, 1.165) is 22.4 Å². The first kappa shape index (κ1) is 21.3. The van der Waals surface area contributed by atoms with Gasteiger partial charge in [-0.1, -0.05) is 60.1 Å². The molecule has 4 rings (SSSR count). The highest BCUT2D eigenvalue weighted by Crippen LogP contribution is 2.22. The Hall–Kier alpha value is -3.90. The second-order valence-electron chi connectivity index (χ2n) is 6.93. The van der Waals surface area contributed by atoms with Gasteiger partial charge in [0.15, 0.2) is 5.82 Å². The molecule has 1 N–H and O–H groups in total. The summed E-state index contributed by atoms with van der Waals surface area (Å²) in [7, 11) is 1.61. The van der Waals surface area contributed by atoms with E-state index in [2.05, 4.69) is 15.4 Å². The second kappa shape index (κ2) is 9.94. The lowest BCUT2D eigenvalue weighted by molar-refractivity contribution is 0.0957. The van der Waals surface area contributed by atoms with E-state index in [1.165, 1.54) is 10.8 Å². The minimum Gasteiger partial charge on any atom is -0.497 e. The number of hydrogen-bond acceptors (Lipinski definition) is 5. The van der Waals surface area contributed by atoms with Crippen LogP contribution in [0.15, 0.2) is 84.9 Å². The number of allylic oxidation sites excluding steroid dienone is 1. The van der Waals surface area contributed by atoms with E-state index in [0.29, 0.717) is 23.3 Å². The van der Waals surface area contributed by atoms with Crippen LogP contribution in [0.2, 0.25) is 5.02 Å². The molecule has 6 nitrogen and oxygen atoms in total. The number of carbonyl (C=O) groups is 1.